The topological polar surface area (TPSA) is 55.1 Å². The van der Waals surface area contributed by atoms with Gasteiger partial charge in [-0.25, -0.2) is 4.98 Å². The Hall–Kier alpha value is -2.10. The molecular weight excluding hydrogens is 312 g/mol. The number of carboxylic acid groups (broad SMARTS) is 1. The molecule has 1 unspecified atom stereocenters. The number of hydrogen-bond donors (Lipinski definition) is 1. The van der Waals surface area contributed by atoms with Crippen LogP contribution in [0.3, 0.4) is 0 Å². The fraction of sp³-hybridized carbons (Fsp3) is 0.524. The van der Waals surface area contributed by atoms with Crippen molar-refractivity contribution in [3.8, 4) is 5.69 Å². The van der Waals surface area contributed by atoms with Crippen molar-refractivity contribution in [3.05, 3.63) is 48.5 Å². The molecule has 2 rings (SSSR count). The fourth-order valence-corrected chi connectivity index (χ4v) is 3.31. The van der Waals surface area contributed by atoms with Crippen molar-refractivity contribution in [1.82, 2.24) is 9.55 Å². The smallest absolute Gasteiger partial charge is 0.311 e. The van der Waals surface area contributed by atoms with Crippen LogP contribution in [-0.4, -0.2) is 20.6 Å². The summed E-state index contributed by atoms with van der Waals surface area (Å²) in [5, 5.41) is 9.72. The zero-order valence-electron chi connectivity index (χ0n) is 15.2. The Morgan fingerprint density at radius 2 is 1.76 bits per heavy atom. The first kappa shape index (κ1) is 19.2. The van der Waals surface area contributed by atoms with E-state index in [1.165, 1.54) is 38.5 Å². The maximum Gasteiger partial charge on any atom is 0.311 e. The van der Waals surface area contributed by atoms with Gasteiger partial charge < -0.3 is 9.67 Å². The Kier molecular flexibility index (Phi) is 8.23. The molecule has 1 aromatic heterocycles. The van der Waals surface area contributed by atoms with E-state index in [4.69, 9.17) is 0 Å². The van der Waals surface area contributed by atoms with E-state index in [0.717, 1.165) is 24.1 Å². The van der Waals surface area contributed by atoms with Crippen LogP contribution in [0, 0.1) is 0 Å². The minimum Gasteiger partial charge on any atom is -0.481 e. The highest BCUT2D eigenvalue weighted by molar-refractivity contribution is 5.77. The summed E-state index contributed by atoms with van der Waals surface area (Å²) in [7, 11) is 0. The number of aliphatic carboxylic acids is 1. The van der Waals surface area contributed by atoms with Gasteiger partial charge in [0.25, 0.3) is 0 Å². The number of unbranched alkanes of at least 4 members (excludes halogenated alkanes) is 7. The average Bonchev–Trinajstić information content (AvgIpc) is 3.15. The van der Waals surface area contributed by atoms with Gasteiger partial charge >= 0.3 is 5.97 Å². The van der Waals surface area contributed by atoms with Crippen molar-refractivity contribution < 1.29 is 9.90 Å². The van der Waals surface area contributed by atoms with Gasteiger partial charge in [-0.05, 0) is 18.1 Å². The van der Waals surface area contributed by atoms with Crippen molar-refractivity contribution in [2.75, 3.05) is 0 Å². The maximum absolute atomic E-state index is 11.8. The lowest BCUT2D eigenvalue weighted by Crippen LogP contribution is -2.14. The molecule has 25 heavy (non-hydrogen) atoms. The second-order valence-electron chi connectivity index (χ2n) is 6.68. The van der Waals surface area contributed by atoms with Gasteiger partial charge in [0, 0.05) is 12.4 Å². The molecule has 0 radical (unpaired) electrons. The zero-order chi connectivity index (χ0) is 17.9. The van der Waals surface area contributed by atoms with E-state index in [9.17, 15) is 9.90 Å². The largest absolute Gasteiger partial charge is 0.481 e. The Balaban J connectivity index is 1.90. The molecule has 0 fully saturated rings. The molecule has 0 amide bonds. The molecule has 1 atom stereocenters. The lowest BCUT2D eigenvalue weighted by atomic mass is 9.91. The lowest BCUT2D eigenvalue weighted by Gasteiger charge is -2.17. The highest BCUT2D eigenvalue weighted by Crippen LogP contribution is 2.28. The minimum absolute atomic E-state index is 0.460. The van der Waals surface area contributed by atoms with Crippen molar-refractivity contribution in [2.24, 2.45) is 0 Å². The first-order chi connectivity index (χ1) is 12.2. The number of hydrogen-bond acceptors (Lipinski definition) is 2. The number of para-hydroxylation sites is 1. The molecule has 1 aromatic carbocycles. The third kappa shape index (κ3) is 6.04. The molecule has 0 bridgehead atoms. The molecule has 1 heterocycles. The van der Waals surface area contributed by atoms with Crippen LogP contribution in [0.5, 0.6) is 0 Å². The fourth-order valence-electron chi connectivity index (χ4n) is 3.31. The number of imidazole rings is 1. The molecule has 0 spiro atoms. The molecule has 4 nitrogen and oxygen atoms in total. The van der Waals surface area contributed by atoms with E-state index in [1.54, 1.807) is 12.5 Å². The number of benzene rings is 1. The van der Waals surface area contributed by atoms with Crippen LogP contribution < -0.4 is 0 Å². The first-order valence-electron chi connectivity index (χ1n) is 9.54. The quantitative estimate of drug-likeness (QED) is 0.513. The first-order valence-corrected chi connectivity index (χ1v) is 9.54. The number of carbonyl (C=O) groups is 1. The molecule has 0 saturated carbocycles. The summed E-state index contributed by atoms with van der Waals surface area (Å²) in [5.41, 5.74) is 1.78. The van der Waals surface area contributed by atoms with Gasteiger partial charge in [0.1, 0.15) is 0 Å². The Labute approximate surface area is 150 Å². The monoisotopic (exact) mass is 342 g/mol. The van der Waals surface area contributed by atoms with E-state index in [-0.39, 0.29) is 0 Å². The van der Waals surface area contributed by atoms with Crippen molar-refractivity contribution in [3.63, 3.8) is 0 Å². The van der Waals surface area contributed by atoms with Gasteiger partial charge in [-0.3, -0.25) is 4.79 Å². The summed E-state index contributed by atoms with van der Waals surface area (Å²) in [6.45, 7) is 2.23. The van der Waals surface area contributed by atoms with Gasteiger partial charge in [-0.2, -0.15) is 0 Å². The van der Waals surface area contributed by atoms with Gasteiger partial charge in [0.15, 0.2) is 0 Å². The molecule has 0 aliphatic carbocycles. The van der Waals surface area contributed by atoms with Crippen LogP contribution in [0.25, 0.3) is 5.69 Å². The Morgan fingerprint density at radius 1 is 1.08 bits per heavy atom. The van der Waals surface area contributed by atoms with Gasteiger partial charge in [0.05, 0.1) is 17.9 Å². The van der Waals surface area contributed by atoms with Crippen molar-refractivity contribution in [1.29, 1.82) is 0 Å². The highest BCUT2D eigenvalue weighted by Gasteiger charge is 2.22. The zero-order valence-corrected chi connectivity index (χ0v) is 15.2. The summed E-state index contributed by atoms with van der Waals surface area (Å²) < 4.78 is 1.89. The minimum atomic E-state index is -0.740. The second kappa shape index (κ2) is 10.7. The molecule has 0 aliphatic rings. The van der Waals surface area contributed by atoms with E-state index < -0.39 is 11.9 Å². The van der Waals surface area contributed by atoms with E-state index in [2.05, 4.69) is 11.9 Å². The van der Waals surface area contributed by atoms with Gasteiger partial charge in [-0.1, -0.05) is 76.5 Å². The number of nitrogens with zero attached hydrogens (tertiary/aromatic N) is 2. The Morgan fingerprint density at radius 3 is 2.40 bits per heavy atom. The van der Waals surface area contributed by atoms with Crippen LogP contribution in [0.1, 0.15) is 76.2 Å². The van der Waals surface area contributed by atoms with Gasteiger partial charge in [0.2, 0.25) is 0 Å². The number of aromatic nitrogens is 2. The lowest BCUT2D eigenvalue weighted by molar-refractivity contribution is -0.139. The van der Waals surface area contributed by atoms with E-state index >= 15 is 0 Å². The van der Waals surface area contributed by atoms with E-state index in [0.29, 0.717) is 6.42 Å². The highest BCUT2D eigenvalue weighted by atomic mass is 16.4. The third-order valence-corrected chi connectivity index (χ3v) is 4.74. The van der Waals surface area contributed by atoms with Crippen molar-refractivity contribution >= 4 is 5.97 Å². The number of carboxylic acids is 1. The Bertz CT molecular complexity index is 623. The second-order valence-corrected chi connectivity index (χ2v) is 6.68. The molecule has 0 saturated heterocycles. The van der Waals surface area contributed by atoms with Crippen LogP contribution >= 0.6 is 0 Å². The van der Waals surface area contributed by atoms with Crippen molar-refractivity contribution in [2.45, 2.75) is 70.6 Å². The standard InChI is InChI=1S/C21H30N2O2/c1-2-3-4-5-6-7-8-9-13-19(21(24)25)18-12-10-11-14-20(18)23-16-15-22-17-23/h10-12,14-17,19H,2-9,13H2,1H3,(H,24,25). The van der Waals surface area contributed by atoms with E-state index in [1.807, 2.05) is 35.0 Å². The molecule has 4 heteroatoms. The molecule has 2 aromatic rings. The predicted molar refractivity (Wildman–Crippen MR) is 101 cm³/mol. The summed E-state index contributed by atoms with van der Waals surface area (Å²) in [6, 6.07) is 7.74. The molecule has 0 aliphatic heterocycles. The van der Waals surface area contributed by atoms with Gasteiger partial charge in [-0.15, -0.1) is 0 Å². The summed E-state index contributed by atoms with van der Waals surface area (Å²) in [5.74, 6) is -1.20. The maximum atomic E-state index is 11.8. The third-order valence-electron chi connectivity index (χ3n) is 4.74. The molecule has 136 valence electrons. The van der Waals surface area contributed by atoms with Crippen LogP contribution in [0.15, 0.2) is 43.0 Å². The summed E-state index contributed by atoms with van der Waals surface area (Å²) >= 11 is 0. The normalized spacial score (nSPS) is 12.2. The van der Waals surface area contributed by atoms with Crippen LogP contribution in [0.4, 0.5) is 0 Å². The predicted octanol–water partition coefficient (Wildman–Crippen LogP) is 5.57. The molecular formula is C21H30N2O2. The molecule has 1 N–H and O–H groups in total. The van der Waals surface area contributed by atoms with Crippen LogP contribution in [-0.2, 0) is 4.79 Å². The average molecular weight is 342 g/mol. The summed E-state index contributed by atoms with van der Waals surface area (Å²) in [6.07, 6.45) is 15.8. The SMILES string of the molecule is CCCCCCCCCCC(C(=O)O)c1ccccc1-n1ccnc1. The number of rotatable bonds is 12. The summed E-state index contributed by atoms with van der Waals surface area (Å²) in [4.78, 5) is 15.9. The van der Waals surface area contributed by atoms with Crippen LogP contribution in [0.2, 0.25) is 0 Å².